The molecule has 7 nitrogen and oxygen atoms in total. The zero-order chi connectivity index (χ0) is 17.7. The van der Waals surface area contributed by atoms with E-state index in [2.05, 4.69) is 15.6 Å². The molecular weight excluding hydrogens is 342 g/mol. The van der Waals surface area contributed by atoms with Crippen molar-refractivity contribution in [2.24, 2.45) is 11.7 Å². The van der Waals surface area contributed by atoms with Gasteiger partial charge in [0.2, 0.25) is 0 Å². The van der Waals surface area contributed by atoms with Gasteiger partial charge in [0.05, 0.1) is 17.5 Å². The van der Waals surface area contributed by atoms with E-state index in [0.717, 1.165) is 11.4 Å². The molecule has 2 rings (SSSR count). The summed E-state index contributed by atoms with van der Waals surface area (Å²) in [5.74, 6) is 0.775. The van der Waals surface area contributed by atoms with E-state index in [-0.39, 0.29) is 30.3 Å². The number of benzene rings is 1. The molecule has 1 unspecified atom stereocenters. The Morgan fingerprint density at radius 2 is 1.92 bits per heavy atom. The van der Waals surface area contributed by atoms with E-state index >= 15 is 0 Å². The number of carbonyl (C=O) groups is 1. The monoisotopic (exact) mass is 367 g/mol. The Morgan fingerprint density at radius 1 is 1.28 bits per heavy atom. The van der Waals surface area contributed by atoms with Gasteiger partial charge in [-0.2, -0.15) is 0 Å². The maximum Gasteiger partial charge on any atom is 0.273 e. The van der Waals surface area contributed by atoms with Crippen molar-refractivity contribution in [1.29, 1.82) is 0 Å². The molecule has 0 aliphatic carbocycles. The zero-order valence-corrected chi connectivity index (χ0v) is 15.8. The normalized spacial score (nSPS) is 11.8. The second-order valence-corrected chi connectivity index (χ2v) is 6.15. The molecule has 0 spiro atoms. The topological polar surface area (TPSA) is 95.1 Å². The van der Waals surface area contributed by atoms with Gasteiger partial charge in [0, 0.05) is 6.54 Å². The van der Waals surface area contributed by atoms with E-state index < -0.39 is 0 Å². The Bertz CT molecular complexity index is 685. The number of carbonyl (C=O) groups excluding carboxylic acids is 1. The molecule has 0 fully saturated rings. The molecule has 1 aromatic carbocycles. The van der Waals surface area contributed by atoms with Crippen molar-refractivity contribution in [2.75, 3.05) is 13.1 Å². The average molecular weight is 368 g/mol. The van der Waals surface area contributed by atoms with E-state index in [4.69, 9.17) is 10.5 Å². The molecule has 1 heterocycles. The van der Waals surface area contributed by atoms with E-state index in [0.29, 0.717) is 24.5 Å². The first kappa shape index (κ1) is 20.9. The van der Waals surface area contributed by atoms with Crippen LogP contribution in [0.3, 0.4) is 0 Å². The molecule has 138 valence electrons. The number of hydrogen-bond acceptors (Lipinski definition) is 5. The number of nitrogens with zero attached hydrogens (tertiary/aromatic N) is 3. The first-order valence-corrected chi connectivity index (χ1v) is 8.10. The Hall–Kier alpha value is -2.12. The lowest BCUT2D eigenvalue weighted by Gasteiger charge is -2.11. The van der Waals surface area contributed by atoms with Crippen LogP contribution in [0.15, 0.2) is 24.3 Å². The lowest BCUT2D eigenvalue weighted by atomic mass is 10.2. The third-order valence-electron chi connectivity index (χ3n) is 3.58. The SMILES string of the molecule is Cc1c(C(=O)NCC(C)CN)nnn1-c1ccc(OC(C)C)cc1.Cl. The number of amides is 1. The summed E-state index contributed by atoms with van der Waals surface area (Å²) in [5.41, 5.74) is 7.39. The lowest BCUT2D eigenvalue weighted by molar-refractivity contribution is 0.0943. The molecule has 0 aliphatic heterocycles. The third-order valence-corrected chi connectivity index (χ3v) is 3.58. The van der Waals surface area contributed by atoms with Crippen LogP contribution in [0.4, 0.5) is 0 Å². The molecule has 3 N–H and O–H groups in total. The zero-order valence-electron chi connectivity index (χ0n) is 15.0. The highest BCUT2D eigenvalue weighted by molar-refractivity contribution is 5.93. The molecule has 0 radical (unpaired) electrons. The summed E-state index contributed by atoms with van der Waals surface area (Å²) in [6.45, 7) is 8.79. The van der Waals surface area contributed by atoms with E-state index in [1.54, 1.807) is 4.68 Å². The quantitative estimate of drug-likeness (QED) is 0.781. The molecule has 1 amide bonds. The van der Waals surface area contributed by atoms with Gasteiger partial charge in [-0.25, -0.2) is 4.68 Å². The number of hydrogen-bond donors (Lipinski definition) is 2. The molecule has 1 aromatic heterocycles. The van der Waals surface area contributed by atoms with Gasteiger partial charge in [-0.15, -0.1) is 17.5 Å². The van der Waals surface area contributed by atoms with Gasteiger partial charge >= 0.3 is 0 Å². The van der Waals surface area contributed by atoms with Gasteiger partial charge in [0.15, 0.2) is 5.69 Å². The van der Waals surface area contributed by atoms with Crippen molar-refractivity contribution < 1.29 is 9.53 Å². The first-order chi connectivity index (χ1) is 11.4. The van der Waals surface area contributed by atoms with Crippen LogP contribution in [0.5, 0.6) is 5.75 Å². The van der Waals surface area contributed by atoms with Crippen LogP contribution in [0.1, 0.15) is 37.0 Å². The number of nitrogens with one attached hydrogen (secondary N) is 1. The highest BCUT2D eigenvalue weighted by atomic mass is 35.5. The molecule has 2 aromatic rings. The Balaban J connectivity index is 0.00000312. The fourth-order valence-corrected chi connectivity index (χ4v) is 2.16. The second-order valence-electron chi connectivity index (χ2n) is 6.15. The molecule has 8 heteroatoms. The van der Waals surface area contributed by atoms with Crippen molar-refractivity contribution in [1.82, 2.24) is 20.3 Å². The fourth-order valence-electron chi connectivity index (χ4n) is 2.16. The third kappa shape index (κ3) is 5.44. The minimum Gasteiger partial charge on any atom is -0.491 e. The van der Waals surface area contributed by atoms with Gasteiger partial charge in [0.25, 0.3) is 5.91 Å². The van der Waals surface area contributed by atoms with Gasteiger partial charge in [-0.3, -0.25) is 4.79 Å². The summed E-state index contributed by atoms with van der Waals surface area (Å²) in [5, 5.41) is 10.9. The fraction of sp³-hybridized carbons (Fsp3) is 0.471. The molecule has 0 aliphatic rings. The predicted molar refractivity (Wildman–Crippen MR) is 99.7 cm³/mol. The number of aromatic nitrogens is 3. The minimum atomic E-state index is -0.237. The summed E-state index contributed by atoms with van der Waals surface area (Å²) in [6, 6.07) is 7.52. The summed E-state index contributed by atoms with van der Waals surface area (Å²) in [4.78, 5) is 12.2. The van der Waals surface area contributed by atoms with Crippen LogP contribution in [0.2, 0.25) is 0 Å². The molecule has 1 atom stereocenters. The molecule has 0 bridgehead atoms. The van der Waals surface area contributed by atoms with Crippen molar-refractivity contribution in [3.05, 3.63) is 35.7 Å². The maximum atomic E-state index is 12.2. The van der Waals surface area contributed by atoms with E-state index in [1.807, 2.05) is 52.0 Å². The van der Waals surface area contributed by atoms with Gasteiger partial charge in [0.1, 0.15) is 5.75 Å². The molecule has 25 heavy (non-hydrogen) atoms. The van der Waals surface area contributed by atoms with Gasteiger partial charge in [-0.1, -0.05) is 12.1 Å². The molecule has 0 saturated heterocycles. The van der Waals surface area contributed by atoms with Crippen LogP contribution in [-0.4, -0.2) is 40.1 Å². The van der Waals surface area contributed by atoms with E-state index in [1.165, 1.54) is 0 Å². The smallest absolute Gasteiger partial charge is 0.273 e. The van der Waals surface area contributed by atoms with Crippen LogP contribution < -0.4 is 15.8 Å². The summed E-state index contributed by atoms with van der Waals surface area (Å²) >= 11 is 0. The van der Waals surface area contributed by atoms with Gasteiger partial charge in [-0.05, 0) is 57.5 Å². The Morgan fingerprint density at radius 3 is 2.48 bits per heavy atom. The highest BCUT2D eigenvalue weighted by Crippen LogP contribution is 2.18. The molecule has 0 saturated carbocycles. The van der Waals surface area contributed by atoms with Crippen LogP contribution >= 0.6 is 12.4 Å². The number of rotatable bonds is 7. The van der Waals surface area contributed by atoms with Gasteiger partial charge < -0.3 is 15.8 Å². The summed E-state index contributed by atoms with van der Waals surface area (Å²) in [7, 11) is 0. The lowest BCUT2D eigenvalue weighted by Crippen LogP contribution is -2.31. The standard InChI is InChI=1S/C17H25N5O2.ClH/c1-11(2)24-15-7-5-14(6-8-15)22-13(4)16(20-21-22)17(23)19-10-12(3)9-18;/h5-8,11-12H,9-10,18H2,1-4H3,(H,19,23);1H. The summed E-state index contributed by atoms with van der Waals surface area (Å²) < 4.78 is 7.26. The van der Waals surface area contributed by atoms with Crippen LogP contribution in [0.25, 0.3) is 5.69 Å². The van der Waals surface area contributed by atoms with Crippen molar-refractivity contribution in [2.45, 2.75) is 33.8 Å². The van der Waals surface area contributed by atoms with Crippen molar-refractivity contribution in [3.8, 4) is 11.4 Å². The minimum absolute atomic E-state index is 0. The maximum absolute atomic E-state index is 12.2. The second kappa shape index (κ2) is 9.39. The first-order valence-electron chi connectivity index (χ1n) is 8.10. The largest absolute Gasteiger partial charge is 0.491 e. The Kier molecular flexibility index (Phi) is 7.86. The number of nitrogens with two attached hydrogens (primary N) is 1. The highest BCUT2D eigenvalue weighted by Gasteiger charge is 2.17. The predicted octanol–water partition coefficient (Wildman–Crippen LogP) is 2.11. The Labute approximate surface area is 154 Å². The summed E-state index contributed by atoms with van der Waals surface area (Å²) in [6.07, 6.45) is 0.121. The number of ether oxygens (including phenoxy) is 1. The van der Waals surface area contributed by atoms with E-state index in [9.17, 15) is 4.79 Å². The van der Waals surface area contributed by atoms with Crippen molar-refractivity contribution in [3.63, 3.8) is 0 Å². The molecular formula is C17H26ClN5O2. The van der Waals surface area contributed by atoms with Crippen LogP contribution in [0, 0.1) is 12.8 Å². The van der Waals surface area contributed by atoms with Crippen LogP contribution in [-0.2, 0) is 0 Å². The van der Waals surface area contributed by atoms with Crippen molar-refractivity contribution >= 4 is 18.3 Å². The average Bonchev–Trinajstić information content (AvgIpc) is 2.94. The number of halogens is 1.